The smallest absolute Gasteiger partial charge is 0.220 e. The number of imidazole rings is 1. The Morgan fingerprint density at radius 2 is 1.07 bits per heavy atom. The molecule has 0 unspecified atom stereocenters. The van der Waals surface area contributed by atoms with Crippen molar-refractivity contribution in [3.05, 3.63) is 146 Å². The van der Waals surface area contributed by atoms with Gasteiger partial charge in [0, 0.05) is 28.5 Å². The number of benzene rings is 4. The zero-order valence-corrected chi connectivity index (χ0v) is 23.0. The van der Waals surface area contributed by atoms with Gasteiger partial charge in [0.1, 0.15) is 11.0 Å². The number of fused-ring (bicyclic) bond motifs is 6. The summed E-state index contributed by atoms with van der Waals surface area (Å²) in [6.45, 7) is 0. The second-order valence-corrected chi connectivity index (χ2v) is 10.6. The van der Waals surface area contributed by atoms with Crippen LogP contribution in [0, 0.1) is 0 Å². The lowest BCUT2D eigenvalue weighted by molar-refractivity contribution is 0.941. The van der Waals surface area contributed by atoms with Gasteiger partial charge < -0.3 is 4.57 Å². The second kappa shape index (κ2) is 9.26. The Morgan fingerprint density at radius 3 is 1.84 bits per heavy atom. The normalized spacial score (nSPS) is 11.7. The van der Waals surface area contributed by atoms with Gasteiger partial charge >= 0.3 is 0 Å². The molecule has 0 bridgehead atoms. The molecular weight excluding hydrogens is 528 g/mol. The number of hydrogen-bond donors (Lipinski definition) is 0. The van der Waals surface area contributed by atoms with Gasteiger partial charge in [-0.25, -0.2) is 9.97 Å². The van der Waals surface area contributed by atoms with E-state index in [4.69, 9.17) is 15.0 Å². The van der Waals surface area contributed by atoms with Crippen molar-refractivity contribution < 1.29 is 0 Å². The Bertz CT molecular complexity index is 2430. The van der Waals surface area contributed by atoms with Crippen molar-refractivity contribution in [2.75, 3.05) is 0 Å². The fraction of sp³-hybridized carbons (Fsp3) is 0. The first kappa shape index (κ1) is 23.7. The zero-order chi connectivity index (χ0) is 28.3. The Kier molecular flexibility index (Phi) is 5.10. The average Bonchev–Trinajstić information content (AvgIpc) is 3.75. The van der Waals surface area contributed by atoms with E-state index in [0.717, 1.165) is 72.6 Å². The van der Waals surface area contributed by atoms with E-state index in [1.807, 2.05) is 36.7 Å². The summed E-state index contributed by atoms with van der Waals surface area (Å²) in [5.41, 5.74) is 11.0. The van der Waals surface area contributed by atoms with Gasteiger partial charge in [0.25, 0.3) is 0 Å². The van der Waals surface area contributed by atoms with Crippen LogP contribution in [0.15, 0.2) is 146 Å². The third-order valence-corrected chi connectivity index (χ3v) is 8.16. The topological polar surface area (TPSA) is 53.5 Å². The van der Waals surface area contributed by atoms with E-state index in [1.165, 1.54) is 0 Å². The van der Waals surface area contributed by atoms with Crippen LogP contribution in [-0.2, 0) is 0 Å². The Labute approximate surface area is 246 Å². The molecule has 0 saturated heterocycles. The number of rotatable bonds is 4. The quantitative estimate of drug-likeness (QED) is 0.220. The molecule has 0 aliphatic carbocycles. The van der Waals surface area contributed by atoms with E-state index in [0.29, 0.717) is 0 Å². The molecule has 0 radical (unpaired) electrons. The van der Waals surface area contributed by atoms with Gasteiger partial charge in [-0.05, 0) is 48.5 Å². The van der Waals surface area contributed by atoms with E-state index in [9.17, 15) is 0 Å². The second-order valence-electron chi connectivity index (χ2n) is 10.6. The van der Waals surface area contributed by atoms with Crippen LogP contribution in [0.5, 0.6) is 0 Å². The number of aromatic nitrogens is 6. The fourth-order valence-corrected chi connectivity index (χ4v) is 6.31. The lowest BCUT2D eigenvalue weighted by atomic mass is 10.1. The standard InChI is InChI=1S/C37H24N6/c1-4-13-25(14-5-1)33-24-39-37(42(33)27-17-8-3-9-18-27)43-29-20-11-10-19-28(29)34-31(43)23-32-36(40-34)35-30(21-12-22-38-35)41(32)26-15-6-2-7-16-26/h1-24H. The van der Waals surface area contributed by atoms with Crippen molar-refractivity contribution in [3.8, 4) is 28.6 Å². The van der Waals surface area contributed by atoms with E-state index in [1.54, 1.807) is 0 Å². The predicted molar refractivity (Wildman–Crippen MR) is 173 cm³/mol. The fourth-order valence-electron chi connectivity index (χ4n) is 6.31. The number of hydrogen-bond acceptors (Lipinski definition) is 3. The third kappa shape index (κ3) is 3.50. The number of para-hydroxylation sites is 3. The van der Waals surface area contributed by atoms with Gasteiger partial charge in [-0.1, -0.05) is 84.9 Å². The highest BCUT2D eigenvalue weighted by molar-refractivity contribution is 6.14. The molecule has 0 fully saturated rings. The monoisotopic (exact) mass is 552 g/mol. The zero-order valence-electron chi connectivity index (χ0n) is 23.0. The highest BCUT2D eigenvalue weighted by Crippen LogP contribution is 2.38. The highest BCUT2D eigenvalue weighted by Gasteiger charge is 2.23. The summed E-state index contributed by atoms with van der Waals surface area (Å²) >= 11 is 0. The van der Waals surface area contributed by atoms with Gasteiger partial charge in [-0.2, -0.15) is 0 Å². The van der Waals surface area contributed by atoms with E-state index >= 15 is 0 Å². The highest BCUT2D eigenvalue weighted by atomic mass is 15.3. The van der Waals surface area contributed by atoms with Crippen LogP contribution in [0.1, 0.15) is 0 Å². The molecule has 6 heteroatoms. The molecule has 0 spiro atoms. The molecular formula is C37H24N6. The van der Waals surface area contributed by atoms with Crippen molar-refractivity contribution in [2.24, 2.45) is 0 Å². The minimum absolute atomic E-state index is 0.804. The van der Waals surface area contributed by atoms with Gasteiger partial charge in [0.05, 0.1) is 39.5 Å². The summed E-state index contributed by atoms with van der Waals surface area (Å²) < 4.78 is 6.74. The van der Waals surface area contributed by atoms with E-state index in [2.05, 4.69) is 123 Å². The van der Waals surface area contributed by atoms with Crippen molar-refractivity contribution >= 4 is 44.0 Å². The molecule has 0 aliphatic heterocycles. The van der Waals surface area contributed by atoms with Crippen molar-refractivity contribution in [1.29, 1.82) is 0 Å². The maximum Gasteiger partial charge on any atom is 0.220 e. The van der Waals surface area contributed by atoms with Crippen molar-refractivity contribution in [3.63, 3.8) is 0 Å². The summed E-state index contributed by atoms with van der Waals surface area (Å²) in [7, 11) is 0. The molecule has 9 aromatic rings. The molecule has 0 N–H and O–H groups in total. The van der Waals surface area contributed by atoms with Crippen LogP contribution in [0.2, 0.25) is 0 Å². The minimum atomic E-state index is 0.804. The molecule has 43 heavy (non-hydrogen) atoms. The Hall–Kier alpha value is -6.01. The van der Waals surface area contributed by atoms with Crippen LogP contribution in [0.3, 0.4) is 0 Å². The summed E-state index contributed by atoms with van der Waals surface area (Å²) in [4.78, 5) is 15.2. The van der Waals surface area contributed by atoms with Gasteiger partial charge in [0.15, 0.2) is 0 Å². The van der Waals surface area contributed by atoms with E-state index < -0.39 is 0 Å². The van der Waals surface area contributed by atoms with Crippen LogP contribution >= 0.6 is 0 Å². The Balaban J connectivity index is 1.44. The van der Waals surface area contributed by atoms with Crippen LogP contribution in [-0.4, -0.2) is 28.7 Å². The largest absolute Gasteiger partial charge is 0.306 e. The van der Waals surface area contributed by atoms with Crippen LogP contribution in [0.4, 0.5) is 0 Å². The van der Waals surface area contributed by atoms with Crippen molar-refractivity contribution in [1.82, 2.24) is 28.7 Å². The van der Waals surface area contributed by atoms with Crippen molar-refractivity contribution in [2.45, 2.75) is 0 Å². The van der Waals surface area contributed by atoms with Gasteiger partial charge in [0.2, 0.25) is 5.95 Å². The lowest BCUT2D eigenvalue weighted by Gasteiger charge is -2.14. The minimum Gasteiger partial charge on any atom is -0.306 e. The first-order valence-electron chi connectivity index (χ1n) is 14.3. The molecule has 0 saturated carbocycles. The lowest BCUT2D eigenvalue weighted by Crippen LogP contribution is -2.06. The van der Waals surface area contributed by atoms with Crippen LogP contribution < -0.4 is 0 Å². The molecule has 5 heterocycles. The molecule has 6 nitrogen and oxygen atoms in total. The van der Waals surface area contributed by atoms with E-state index in [-0.39, 0.29) is 0 Å². The molecule has 4 aromatic carbocycles. The summed E-state index contributed by atoms with van der Waals surface area (Å²) in [5.74, 6) is 0.804. The SMILES string of the molecule is c1ccc(-c2cnc(-n3c4ccccc4c4nc5c6ncccc6n(-c6ccccc6)c5cc43)n2-c2ccccc2)cc1. The molecule has 202 valence electrons. The molecule has 0 amide bonds. The molecule has 0 aliphatic rings. The number of nitrogens with zero attached hydrogens (tertiary/aromatic N) is 6. The number of pyridine rings is 2. The van der Waals surface area contributed by atoms with Gasteiger partial charge in [-0.3, -0.25) is 14.1 Å². The summed E-state index contributed by atoms with van der Waals surface area (Å²) in [5, 5.41) is 1.07. The molecule has 9 rings (SSSR count). The Morgan fingerprint density at radius 1 is 0.442 bits per heavy atom. The maximum absolute atomic E-state index is 5.35. The summed E-state index contributed by atoms with van der Waals surface area (Å²) in [6.07, 6.45) is 3.81. The van der Waals surface area contributed by atoms with Crippen LogP contribution in [0.25, 0.3) is 72.6 Å². The molecule has 5 aromatic heterocycles. The predicted octanol–water partition coefficient (Wildman–Crippen LogP) is 8.52. The maximum atomic E-state index is 5.35. The first-order valence-corrected chi connectivity index (χ1v) is 14.3. The first-order chi connectivity index (χ1) is 21.4. The average molecular weight is 553 g/mol. The third-order valence-electron chi connectivity index (χ3n) is 8.16. The molecule has 0 atom stereocenters. The summed E-state index contributed by atoms with van der Waals surface area (Å²) in [6, 6.07) is 46.0. The van der Waals surface area contributed by atoms with Gasteiger partial charge in [-0.15, -0.1) is 0 Å².